The Morgan fingerprint density at radius 2 is 2.18 bits per heavy atom. The van der Waals surface area contributed by atoms with Crippen molar-refractivity contribution in [2.45, 2.75) is 38.1 Å². The fourth-order valence-electron chi connectivity index (χ4n) is 2.17. The van der Waals surface area contributed by atoms with Gasteiger partial charge in [0, 0.05) is 11.7 Å². The average molecular weight is 226 g/mol. The largest absolute Gasteiger partial charge is 0.379 e. The van der Waals surface area contributed by atoms with E-state index in [1.807, 2.05) is 24.3 Å². The van der Waals surface area contributed by atoms with Crippen LogP contribution in [0.4, 0.5) is 5.69 Å². The first-order valence-corrected chi connectivity index (χ1v) is 6.32. The molecule has 0 heterocycles. The summed E-state index contributed by atoms with van der Waals surface area (Å²) in [6.07, 6.45) is 10.8. The molecule has 2 rings (SSSR count). The zero-order valence-corrected chi connectivity index (χ0v) is 10.0. The van der Waals surface area contributed by atoms with E-state index in [4.69, 9.17) is 5.26 Å². The Hall–Kier alpha value is -1.75. The third-order valence-electron chi connectivity index (χ3n) is 3.10. The first kappa shape index (κ1) is 11.7. The molecule has 0 fully saturated rings. The second-order valence-electron chi connectivity index (χ2n) is 4.51. The van der Waals surface area contributed by atoms with Crippen molar-refractivity contribution in [3.8, 4) is 6.07 Å². The zero-order chi connectivity index (χ0) is 11.9. The van der Waals surface area contributed by atoms with Crippen LogP contribution < -0.4 is 5.32 Å². The number of nitrogens with one attached hydrogen (secondary N) is 1. The molecule has 1 atom stereocenters. The molecule has 0 aliphatic heterocycles. The van der Waals surface area contributed by atoms with Crippen LogP contribution in [0, 0.1) is 11.3 Å². The molecular weight excluding hydrogens is 208 g/mol. The van der Waals surface area contributed by atoms with Crippen LogP contribution in [0.1, 0.15) is 37.7 Å². The van der Waals surface area contributed by atoms with Crippen LogP contribution in [0.15, 0.2) is 36.4 Å². The standard InChI is InChI=1S/C15H18N2/c16-12-13-7-6-10-15(11-13)17-14-8-4-2-1-3-5-9-14/h4,6-8,10-11,14,17H,1-3,5,9H2/b8-4+. The molecule has 1 aliphatic rings. The minimum atomic E-state index is 0.407. The van der Waals surface area contributed by atoms with Gasteiger partial charge < -0.3 is 5.32 Å². The number of allylic oxidation sites excluding steroid dienone is 1. The first-order chi connectivity index (χ1) is 8.38. The summed E-state index contributed by atoms with van der Waals surface area (Å²) in [4.78, 5) is 0. The van der Waals surface area contributed by atoms with Gasteiger partial charge in [-0.1, -0.05) is 31.1 Å². The SMILES string of the molecule is N#Cc1cccc(NC2/C=C/CCCCC2)c1. The van der Waals surface area contributed by atoms with E-state index in [9.17, 15) is 0 Å². The van der Waals surface area contributed by atoms with E-state index < -0.39 is 0 Å². The third-order valence-corrected chi connectivity index (χ3v) is 3.10. The molecule has 17 heavy (non-hydrogen) atoms. The highest BCUT2D eigenvalue weighted by Crippen LogP contribution is 2.17. The molecule has 0 saturated carbocycles. The van der Waals surface area contributed by atoms with Gasteiger partial charge in [-0.3, -0.25) is 0 Å². The lowest BCUT2D eigenvalue weighted by Crippen LogP contribution is -2.17. The summed E-state index contributed by atoms with van der Waals surface area (Å²) in [7, 11) is 0. The van der Waals surface area contributed by atoms with Crippen molar-refractivity contribution in [2.75, 3.05) is 5.32 Å². The van der Waals surface area contributed by atoms with Crippen LogP contribution in [0.5, 0.6) is 0 Å². The highest BCUT2D eigenvalue weighted by molar-refractivity contribution is 5.50. The zero-order valence-electron chi connectivity index (χ0n) is 10.0. The van der Waals surface area contributed by atoms with Crippen LogP contribution in [0.2, 0.25) is 0 Å². The molecule has 88 valence electrons. The van der Waals surface area contributed by atoms with Crippen LogP contribution in [-0.4, -0.2) is 6.04 Å². The number of hydrogen-bond donors (Lipinski definition) is 1. The molecule has 0 saturated heterocycles. The number of rotatable bonds is 2. The number of benzene rings is 1. The second-order valence-corrected chi connectivity index (χ2v) is 4.51. The second kappa shape index (κ2) is 6.10. The summed E-state index contributed by atoms with van der Waals surface area (Å²) in [6, 6.07) is 10.3. The van der Waals surface area contributed by atoms with Gasteiger partial charge in [-0.25, -0.2) is 0 Å². The van der Waals surface area contributed by atoms with Gasteiger partial charge in [0.2, 0.25) is 0 Å². The summed E-state index contributed by atoms with van der Waals surface area (Å²) < 4.78 is 0. The van der Waals surface area contributed by atoms with E-state index in [2.05, 4.69) is 23.5 Å². The van der Waals surface area contributed by atoms with E-state index in [0.29, 0.717) is 11.6 Å². The Morgan fingerprint density at radius 3 is 3.06 bits per heavy atom. The van der Waals surface area contributed by atoms with Gasteiger partial charge >= 0.3 is 0 Å². The van der Waals surface area contributed by atoms with E-state index >= 15 is 0 Å². The fourth-order valence-corrected chi connectivity index (χ4v) is 2.17. The lowest BCUT2D eigenvalue weighted by molar-refractivity contribution is 0.610. The molecular formula is C15H18N2. The summed E-state index contributed by atoms with van der Waals surface area (Å²) >= 11 is 0. The summed E-state index contributed by atoms with van der Waals surface area (Å²) in [5, 5.41) is 12.3. The lowest BCUT2D eigenvalue weighted by Gasteiger charge is -2.18. The predicted molar refractivity (Wildman–Crippen MR) is 70.8 cm³/mol. The topological polar surface area (TPSA) is 35.8 Å². The number of hydrogen-bond acceptors (Lipinski definition) is 2. The van der Waals surface area contributed by atoms with Crippen molar-refractivity contribution >= 4 is 5.69 Å². The number of anilines is 1. The van der Waals surface area contributed by atoms with E-state index in [0.717, 1.165) is 5.69 Å². The maximum absolute atomic E-state index is 8.86. The lowest BCUT2D eigenvalue weighted by atomic mass is 10.0. The molecule has 0 radical (unpaired) electrons. The Kier molecular flexibility index (Phi) is 4.21. The highest BCUT2D eigenvalue weighted by Gasteiger charge is 2.06. The summed E-state index contributed by atoms with van der Waals surface area (Å²) in [6.45, 7) is 0. The Balaban J connectivity index is 2.03. The molecule has 0 aromatic heterocycles. The van der Waals surface area contributed by atoms with Gasteiger partial charge in [-0.2, -0.15) is 5.26 Å². The molecule has 2 heteroatoms. The van der Waals surface area contributed by atoms with Crippen molar-refractivity contribution in [1.29, 1.82) is 5.26 Å². The van der Waals surface area contributed by atoms with Gasteiger partial charge in [0.1, 0.15) is 0 Å². The minimum absolute atomic E-state index is 0.407. The Bertz CT molecular complexity index is 429. The first-order valence-electron chi connectivity index (χ1n) is 6.32. The van der Waals surface area contributed by atoms with Crippen LogP contribution >= 0.6 is 0 Å². The summed E-state index contributed by atoms with van der Waals surface area (Å²) in [5.41, 5.74) is 1.75. The van der Waals surface area contributed by atoms with E-state index in [1.54, 1.807) is 0 Å². The van der Waals surface area contributed by atoms with Gasteiger partial charge in [0.25, 0.3) is 0 Å². The Morgan fingerprint density at radius 1 is 1.24 bits per heavy atom. The monoisotopic (exact) mass is 226 g/mol. The van der Waals surface area contributed by atoms with Gasteiger partial charge in [0.05, 0.1) is 11.6 Å². The minimum Gasteiger partial charge on any atom is -0.379 e. The van der Waals surface area contributed by atoms with Crippen molar-refractivity contribution < 1.29 is 0 Å². The van der Waals surface area contributed by atoms with Crippen LogP contribution in [0.25, 0.3) is 0 Å². The van der Waals surface area contributed by atoms with Gasteiger partial charge in [0.15, 0.2) is 0 Å². The average Bonchev–Trinajstić information content (AvgIpc) is 2.33. The van der Waals surface area contributed by atoms with E-state index in [1.165, 1.54) is 32.1 Å². The molecule has 1 aromatic carbocycles. The van der Waals surface area contributed by atoms with Crippen LogP contribution in [0.3, 0.4) is 0 Å². The maximum atomic E-state index is 8.86. The molecule has 0 spiro atoms. The number of nitriles is 1. The van der Waals surface area contributed by atoms with Crippen molar-refractivity contribution in [1.82, 2.24) is 0 Å². The highest BCUT2D eigenvalue weighted by atomic mass is 14.9. The van der Waals surface area contributed by atoms with Crippen molar-refractivity contribution in [3.05, 3.63) is 42.0 Å². The molecule has 1 N–H and O–H groups in total. The van der Waals surface area contributed by atoms with Gasteiger partial charge in [-0.05, 0) is 37.5 Å². The molecule has 2 nitrogen and oxygen atoms in total. The smallest absolute Gasteiger partial charge is 0.0992 e. The predicted octanol–water partition coefficient (Wildman–Crippen LogP) is 3.86. The van der Waals surface area contributed by atoms with Crippen molar-refractivity contribution in [2.24, 2.45) is 0 Å². The quantitative estimate of drug-likeness (QED) is 0.777. The van der Waals surface area contributed by atoms with Gasteiger partial charge in [-0.15, -0.1) is 0 Å². The van der Waals surface area contributed by atoms with Crippen molar-refractivity contribution in [3.63, 3.8) is 0 Å². The summed E-state index contributed by atoms with van der Waals surface area (Å²) in [5.74, 6) is 0. The van der Waals surface area contributed by atoms with E-state index in [-0.39, 0.29) is 0 Å². The third kappa shape index (κ3) is 3.64. The molecule has 0 amide bonds. The Labute approximate surface area is 103 Å². The molecule has 0 bridgehead atoms. The molecule has 1 aliphatic carbocycles. The van der Waals surface area contributed by atoms with Crippen LogP contribution in [-0.2, 0) is 0 Å². The number of nitrogens with zero attached hydrogens (tertiary/aromatic N) is 1. The maximum Gasteiger partial charge on any atom is 0.0992 e. The normalized spacial score (nSPS) is 21.9. The fraction of sp³-hybridized carbons (Fsp3) is 0.400. The molecule has 1 unspecified atom stereocenters. The molecule has 1 aromatic rings.